The summed E-state index contributed by atoms with van der Waals surface area (Å²) in [6.45, 7) is 4.91. The summed E-state index contributed by atoms with van der Waals surface area (Å²) in [7, 11) is 0. The van der Waals surface area contributed by atoms with Gasteiger partial charge >= 0.3 is 0 Å². The Bertz CT molecular complexity index is 851. The smallest absolute Gasteiger partial charge is 0.250 e. The molecule has 2 amide bonds. The molecule has 1 atom stereocenters. The van der Waals surface area contributed by atoms with Crippen LogP contribution in [0.15, 0.2) is 36.7 Å². The lowest BCUT2D eigenvalue weighted by atomic mass is 9.84. The number of aromatic nitrogens is 2. The zero-order chi connectivity index (χ0) is 18.3. The third kappa shape index (κ3) is 2.73. The number of likely N-dealkylation sites (tertiary alicyclic amines) is 1. The fourth-order valence-electron chi connectivity index (χ4n) is 3.74. The van der Waals surface area contributed by atoms with Gasteiger partial charge in [-0.1, -0.05) is 12.1 Å². The summed E-state index contributed by atoms with van der Waals surface area (Å²) >= 11 is 0. The van der Waals surface area contributed by atoms with Crippen LogP contribution in [0.4, 0.5) is 11.4 Å². The molecule has 136 valence electrons. The minimum atomic E-state index is -0.642. The lowest BCUT2D eigenvalue weighted by molar-refractivity contribution is -0.137. The van der Waals surface area contributed by atoms with E-state index in [9.17, 15) is 9.59 Å². The summed E-state index contributed by atoms with van der Waals surface area (Å²) in [5.74, 6) is 0.0265. The van der Waals surface area contributed by atoms with Crippen molar-refractivity contribution < 1.29 is 9.59 Å². The lowest BCUT2D eigenvalue weighted by Gasteiger charge is -2.44. The van der Waals surface area contributed by atoms with E-state index in [-0.39, 0.29) is 17.9 Å². The van der Waals surface area contributed by atoms with Gasteiger partial charge in [-0.05, 0) is 44.4 Å². The molecule has 4 rings (SSSR count). The van der Waals surface area contributed by atoms with Crippen molar-refractivity contribution in [3.05, 3.63) is 42.2 Å². The average molecular weight is 353 g/mol. The van der Waals surface area contributed by atoms with E-state index in [0.717, 1.165) is 16.9 Å². The van der Waals surface area contributed by atoms with Gasteiger partial charge < -0.3 is 15.5 Å². The van der Waals surface area contributed by atoms with Crippen molar-refractivity contribution in [1.29, 1.82) is 0 Å². The van der Waals surface area contributed by atoms with Crippen molar-refractivity contribution in [3.63, 3.8) is 0 Å². The largest absolute Gasteiger partial charge is 0.369 e. The van der Waals surface area contributed by atoms with Crippen LogP contribution in [0.5, 0.6) is 0 Å². The van der Waals surface area contributed by atoms with Gasteiger partial charge in [-0.3, -0.25) is 14.3 Å². The first-order valence-corrected chi connectivity index (χ1v) is 8.97. The van der Waals surface area contributed by atoms with Crippen LogP contribution in [0.1, 0.15) is 31.4 Å². The predicted molar refractivity (Wildman–Crippen MR) is 98.9 cm³/mol. The molecule has 2 aliphatic heterocycles. The zero-order valence-electron chi connectivity index (χ0n) is 15.0. The fourth-order valence-corrected chi connectivity index (χ4v) is 3.74. The Morgan fingerprint density at radius 3 is 2.58 bits per heavy atom. The second kappa shape index (κ2) is 6.16. The Morgan fingerprint density at radius 1 is 1.23 bits per heavy atom. The highest BCUT2D eigenvalue weighted by molar-refractivity contribution is 6.06. The molecule has 2 N–H and O–H groups in total. The Morgan fingerprint density at radius 2 is 1.92 bits per heavy atom. The Balaban J connectivity index is 1.45. The van der Waals surface area contributed by atoms with Gasteiger partial charge in [0, 0.05) is 19.3 Å². The third-order valence-electron chi connectivity index (χ3n) is 5.40. The van der Waals surface area contributed by atoms with Crippen LogP contribution in [0.25, 0.3) is 0 Å². The van der Waals surface area contributed by atoms with Crippen LogP contribution in [0, 0.1) is 6.92 Å². The van der Waals surface area contributed by atoms with Gasteiger partial charge in [-0.2, -0.15) is 5.10 Å². The molecule has 1 aromatic carbocycles. The fraction of sp³-hybridized carbons (Fsp3) is 0.421. The number of benzene rings is 1. The molecule has 7 nitrogen and oxygen atoms in total. The van der Waals surface area contributed by atoms with Gasteiger partial charge in [-0.15, -0.1) is 0 Å². The monoisotopic (exact) mass is 353 g/mol. The number of piperidine rings is 1. The number of nitrogens with zero attached hydrogens (tertiary/aromatic N) is 3. The summed E-state index contributed by atoms with van der Waals surface area (Å²) in [4.78, 5) is 27.3. The van der Waals surface area contributed by atoms with Gasteiger partial charge in [0.1, 0.15) is 11.6 Å². The number of para-hydroxylation sites is 2. The number of carbonyl (C=O) groups excluding carboxylic acids is 2. The highest BCUT2D eigenvalue weighted by atomic mass is 16.2. The summed E-state index contributed by atoms with van der Waals surface area (Å²) in [6.07, 6.45) is 4.80. The number of amides is 2. The quantitative estimate of drug-likeness (QED) is 0.867. The topological polar surface area (TPSA) is 79.3 Å². The van der Waals surface area contributed by atoms with Crippen LogP contribution in [0.3, 0.4) is 0 Å². The van der Waals surface area contributed by atoms with Gasteiger partial charge in [0.15, 0.2) is 0 Å². The summed E-state index contributed by atoms with van der Waals surface area (Å²) in [5.41, 5.74) is 2.14. The van der Waals surface area contributed by atoms with E-state index in [0.29, 0.717) is 25.9 Å². The third-order valence-corrected chi connectivity index (χ3v) is 5.40. The maximum absolute atomic E-state index is 12.8. The molecule has 0 unspecified atom stereocenters. The number of hydrogen-bond donors (Lipinski definition) is 2. The molecular weight excluding hydrogens is 330 g/mol. The van der Waals surface area contributed by atoms with Crippen molar-refractivity contribution in [2.75, 3.05) is 23.7 Å². The first-order valence-electron chi connectivity index (χ1n) is 8.97. The van der Waals surface area contributed by atoms with E-state index in [4.69, 9.17) is 0 Å². The Kier molecular flexibility index (Phi) is 3.94. The molecule has 0 saturated carbocycles. The van der Waals surface area contributed by atoms with E-state index >= 15 is 0 Å². The molecular formula is C19H23N5O2. The zero-order valence-corrected chi connectivity index (χ0v) is 15.0. The number of anilines is 2. The first-order chi connectivity index (χ1) is 12.5. The Labute approximate surface area is 152 Å². The van der Waals surface area contributed by atoms with Gasteiger partial charge in [-0.25, -0.2) is 0 Å². The predicted octanol–water partition coefficient (Wildman–Crippen LogP) is 2.18. The van der Waals surface area contributed by atoms with Crippen molar-refractivity contribution in [2.45, 2.75) is 38.3 Å². The van der Waals surface area contributed by atoms with Gasteiger partial charge in [0.05, 0.1) is 17.6 Å². The highest BCUT2D eigenvalue weighted by Crippen LogP contribution is 2.36. The number of aryl methyl sites for hydroxylation is 1. The van der Waals surface area contributed by atoms with Crippen LogP contribution in [0.2, 0.25) is 0 Å². The van der Waals surface area contributed by atoms with E-state index in [1.165, 1.54) is 0 Å². The average Bonchev–Trinajstić information content (AvgIpc) is 3.08. The van der Waals surface area contributed by atoms with Gasteiger partial charge in [0.25, 0.3) is 0 Å². The SMILES string of the molecule is Cc1cnn([C@H](C)C(=O)N2CCC3(CC2)Nc2ccccc2NC3=O)c1. The number of fused-ring (bicyclic) bond motifs is 1. The minimum Gasteiger partial charge on any atom is -0.369 e. The maximum atomic E-state index is 12.8. The van der Waals surface area contributed by atoms with Crippen LogP contribution in [-0.4, -0.2) is 45.1 Å². The molecule has 0 radical (unpaired) electrons. The second-order valence-electron chi connectivity index (χ2n) is 7.21. The number of carbonyl (C=O) groups is 2. The normalized spacial score (nSPS) is 19.5. The van der Waals surface area contributed by atoms with Crippen LogP contribution >= 0.6 is 0 Å². The molecule has 2 aliphatic rings. The molecule has 26 heavy (non-hydrogen) atoms. The molecule has 0 aliphatic carbocycles. The lowest BCUT2D eigenvalue weighted by Crippen LogP contribution is -2.59. The molecule has 0 bridgehead atoms. The highest BCUT2D eigenvalue weighted by Gasteiger charge is 2.45. The molecule has 1 fully saturated rings. The summed E-state index contributed by atoms with van der Waals surface area (Å²) < 4.78 is 1.70. The maximum Gasteiger partial charge on any atom is 0.250 e. The Hall–Kier alpha value is -2.83. The standard InChI is InChI=1S/C19H23N5O2/c1-13-11-20-24(12-13)14(2)17(25)23-9-7-19(8-10-23)18(26)21-15-5-3-4-6-16(15)22-19/h3-6,11-12,14,22H,7-10H2,1-2H3,(H,21,26)/t14-/m1/s1. The van der Waals surface area contributed by atoms with Crippen molar-refractivity contribution in [1.82, 2.24) is 14.7 Å². The number of hydrogen-bond acceptors (Lipinski definition) is 4. The molecule has 7 heteroatoms. The molecule has 2 aromatic rings. The van der Waals surface area contributed by atoms with Crippen molar-refractivity contribution >= 4 is 23.2 Å². The van der Waals surface area contributed by atoms with Crippen LogP contribution in [-0.2, 0) is 9.59 Å². The van der Waals surface area contributed by atoms with E-state index < -0.39 is 5.54 Å². The van der Waals surface area contributed by atoms with Crippen molar-refractivity contribution in [3.8, 4) is 0 Å². The molecule has 3 heterocycles. The number of nitrogens with one attached hydrogen (secondary N) is 2. The molecule has 1 saturated heterocycles. The summed E-state index contributed by atoms with van der Waals surface area (Å²) in [6, 6.07) is 7.36. The molecule has 1 aromatic heterocycles. The van der Waals surface area contributed by atoms with Gasteiger partial charge in [0.2, 0.25) is 11.8 Å². The van der Waals surface area contributed by atoms with Crippen LogP contribution < -0.4 is 10.6 Å². The first kappa shape index (κ1) is 16.6. The number of rotatable bonds is 2. The van der Waals surface area contributed by atoms with Crippen molar-refractivity contribution in [2.24, 2.45) is 0 Å². The van der Waals surface area contributed by atoms with E-state index in [2.05, 4.69) is 15.7 Å². The van der Waals surface area contributed by atoms with E-state index in [1.807, 2.05) is 49.2 Å². The summed E-state index contributed by atoms with van der Waals surface area (Å²) in [5, 5.41) is 10.7. The second-order valence-corrected chi connectivity index (χ2v) is 7.21. The molecule has 1 spiro atoms. The van der Waals surface area contributed by atoms with E-state index in [1.54, 1.807) is 10.9 Å². The minimum absolute atomic E-state index is 0.0148.